The molecule has 0 aliphatic rings. The van der Waals surface area contributed by atoms with Crippen LogP contribution in [0.2, 0.25) is 0 Å². The van der Waals surface area contributed by atoms with Gasteiger partial charge in [0.05, 0.1) is 11.9 Å². The summed E-state index contributed by atoms with van der Waals surface area (Å²) < 4.78 is 1.70. The van der Waals surface area contributed by atoms with E-state index in [0.717, 1.165) is 11.3 Å². The number of carbonyl (C=O) groups is 1. The van der Waals surface area contributed by atoms with E-state index in [1.807, 2.05) is 30.3 Å². The summed E-state index contributed by atoms with van der Waals surface area (Å²) in [5.41, 5.74) is 5.50. The third-order valence-electron chi connectivity index (χ3n) is 2.51. The third kappa shape index (κ3) is 2.70. The molecule has 0 aliphatic heterocycles. The zero-order chi connectivity index (χ0) is 12.3. The monoisotopic (exact) mass is 231 g/mol. The van der Waals surface area contributed by atoms with Gasteiger partial charge in [-0.25, -0.2) is 4.68 Å². The molecule has 1 atom stereocenters. The highest BCUT2D eigenvalue weighted by Crippen LogP contribution is 2.13. The van der Waals surface area contributed by atoms with Gasteiger partial charge in [-0.15, -0.1) is 0 Å². The normalized spacial score (nSPS) is 12.3. The number of benzene rings is 1. The molecule has 0 aliphatic carbocycles. The molecule has 1 aromatic carbocycles. The van der Waals surface area contributed by atoms with Crippen molar-refractivity contribution in [2.45, 2.75) is 12.5 Å². The van der Waals surface area contributed by atoms with Gasteiger partial charge in [0.2, 0.25) is 0 Å². The Morgan fingerprint density at radius 2 is 2.12 bits per heavy atom. The number of hydrogen-bond acceptors (Lipinski definition) is 3. The molecular weight excluding hydrogens is 218 g/mol. The summed E-state index contributed by atoms with van der Waals surface area (Å²) in [6.45, 7) is 0. The molecule has 5 heteroatoms. The van der Waals surface area contributed by atoms with Crippen molar-refractivity contribution >= 4 is 5.97 Å². The molecule has 88 valence electrons. The molecule has 3 N–H and O–H groups in total. The minimum absolute atomic E-state index is 0.0967. The molecule has 0 saturated carbocycles. The van der Waals surface area contributed by atoms with Crippen LogP contribution >= 0.6 is 0 Å². The largest absolute Gasteiger partial charge is 0.550 e. The molecule has 17 heavy (non-hydrogen) atoms. The summed E-state index contributed by atoms with van der Waals surface area (Å²) in [6.07, 6.45) is 3.32. The second-order valence-electron chi connectivity index (χ2n) is 3.83. The van der Waals surface area contributed by atoms with Crippen LogP contribution in [-0.4, -0.2) is 15.7 Å². The number of rotatable bonds is 4. The number of nitrogens with zero attached hydrogens (tertiary/aromatic N) is 2. The van der Waals surface area contributed by atoms with Gasteiger partial charge in [-0.2, -0.15) is 5.10 Å². The maximum atomic E-state index is 10.5. The van der Waals surface area contributed by atoms with Gasteiger partial charge < -0.3 is 15.6 Å². The second kappa shape index (κ2) is 4.80. The maximum absolute atomic E-state index is 10.5. The fraction of sp³-hybridized carbons (Fsp3) is 0.167. The maximum Gasteiger partial charge on any atom is 0.118 e. The van der Waals surface area contributed by atoms with Gasteiger partial charge >= 0.3 is 0 Å². The van der Waals surface area contributed by atoms with Crippen LogP contribution in [0, 0.1) is 0 Å². The van der Waals surface area contributed by atoms with Gasteiger partial charge in [-0.05, 0) is 12.1 Å². The predicted octanol–water partition coefficient (Wildman–Crippen LogP) is -0.705. The first-order valence-corrected chi connectivity index (χ1v) is 5.30. The van der Waals surface area contributed by atoms with Crippen molar-refractivity contribution in [2.75, 3.05) is 0 Å². The van der Waals surface area contributed by atoms with E-state index < -0.39 is 5.97 Å². The van der Waals surface area contributed by atoms with Gasteiger partial charge in [-0.3, -0.25) is 0 Å². The first-order valence-electron chi connectivity index (χ1n) is 5.30. The number of hydrogen-bond donors (Lipinski definition) is 1. The molecule has 0 amide bonds. The zero-order valence-corrected chi connectivity index (χ0v) is 9.24. The highest BCUT2D eigenvalue weighted by Gasteiger charge is 2.12. The summed E-state index contributed by atoms with van der Waals surface area (Å²) in [7, 11) is 0. The van der Waals surface area contributed by atoms with Gasteiger partial charge in [0.15, 0.2) is 0 Å². The standard InChI is InChI=1S/C12H13N3O2/c13-11(6-12(16)17)9-7-14-15(8-9)10-4-2-1-3-5-10/h1-5,7-8,11H,6,13H2,(H,16,17)/t11-/m1/s1. The lowest BCUT2D eigenvalue weighted by Crippen LogP contribution is -2.55. The van der Waals surface area contributed by atoms with Crippen molar-refractivity contribution in [3.05, 3.63) is 48.3 Å². The number of quaternary nitrogens is 1. The van der Waals surface area contributed by atoms with Crippen LogP contribution in [0.25, 0.3) is 5.69 Å². The second-order valence-corrected chi connectivity index (χ2v) is 3.83. The topological polar surface area (TPSA) is 85.6 Å². The SMILES string of the molecule is [NH3+][C@H](CC(=O)[O-])c1cnn(-c2ccccc2)c1. The Bertz CT molecular complexity index is 507. The highest BCUT2D eigenvalue weighted by atomic mass is 16.4. The van der Waals surface area contributed by atoms with Crippen LogP contribution in [0.1, 0.15) is 18.0 Å². The quantitative estimate of drug-likeness (QED) is 0.754. The van der Waals surface area contributed by atoms with E-state index in [1.165, 1.54) is 0 Å². The Kier molecular flexibility index (Phi) is 3.20. The Hall–Kier alpha value is -2.14. The minimum atomic E-state index is -1.10. The first kappa shape index (κ1) is 11.3. The molecule has 0 bridgehead atoms. The molecule has 2 aromatic rings. The molecule has 1 heterocycles. The third-order valence-corrected chi connectivity index (χ3v) is 2.51. The van der Waals surface area contributed by atoms with Crippen LogP contribution in [0.4, 0.5) is 0 Å². The summed E-state index contributed by atoms with van der Waals surface area (Å²) in [4.78, 5) is 10.5. The summed E-state index contributed by atoms with van der Waals surface area (Å²) >= 11 is 0. The van der Waals surface area contributed by atoms with Crippen molar-refractivity contribution in [1.82, 2.24) is 9.78 Å². The molecule has 2 rings (SSSR count). The van der Waals surface area contributed by atoms with Gasteiger partial charge in [-0.1, -0.05) is 18.2 Å². The van der Waals surface area contributed by atoms with E-state index in [1.54, 1.807) is 17.1 Å². The molecule has 0 unspecified atom stereocenters. The number of aromatic nitrogens is 2. The van der Waals surface area contributed by atoms with Crippen molar-refractivity contribution in [1.29, 1.82) is 0 Å². The smallest absolute Gasteiger partial charge is 0.118 e. The van der Waals surface area contributed by atoms with Crippen LogP contribution in [-0.2, 0) is 4.79 Å². The molecular formula is C12H13N3O2. The lowest BCUT2D eigenvalue weighted by atomic mass is 10.1. The first-order chi connectivity index (χ1) is 8.16. The van der Waals surface area contributed by atoms with E-state index in [2.05, 4.69) is 10.8 Å². The van der Waals surface area contributed by atoms with Crippen molar-refractivity contribution in [3.63, 3.8) is 0 Å². The number of carbonyl (C=O) groups excluding carboxylic acids is 1. The van der Waals surface area contributed by atoms with Crippen molar-refractivity contribution < 1.29 is 15.6 Å². The number of carboxylic acids is 1. The van der Waals surface area contributed by atoms with E-state index in [4.69, 9.17) is 0 Å². The van der Waals surface area contributed by atoms with Crippen LogP contribution in [0.15, 0.2) is 42.7 Å². The van der Waals surface area contributed by atoms with E-state index >= 15 is 0 Å². The number of carboxylic acid groups (broad SMARTS) is 1. The number of aliphatic carboxylic acids is 1. The van der Waals surface area contributed by atoms with Crippen LogP contribution < -0.4 is 10.8 Å². The Morgan fingerprint density at radius 1 is 1.41 bits per heavy atom. The molecule has 0 radical (unpaired) electrons. The van der Waals surface area contributed by atoms with Crippen LogP contribution in [0.5, 0.6) is 0 Å². The minimum Gasteiger partial charge on any atom is -0.550 e. The Morgan fingerprint density at radius 3 is 2.76 bits per heavy atom. The Balaban J connectivity index is 2.19. The molecule has 0 spiro atoms. The van der Waals surface area contributed by atoms with Gasteiger partial charge in [0, 0.05) is 24.2 Å². The number of para-hydroxylation sites is 1. The van der Waals surface area contributed by atoms with E-state index in [9.17, 15) is 9.90 Å². The van der Waals surface area contributed by atoms with E-state index in [0.29, 0.717) is 0 Å². The average molecular weight is 231 g/mol. The molecule has 0 saturated heterocycles. The highest BCUT2D eigenvalue weighted by molar-refractivity contribution is 5.65. The van der Waals surface area contributed by atoms with Crippen molar-refractivity contribution in [3.8, 4) is 5.69 Å². The lowest BCUT2D eigenvalue weighted by Gasteiger charge is -2.06. The fourth-order valence-corrected chi connectivity index (χ4v) is 1.59. The molecule has 5 nitrogen and oxygen atoms in total. The fourth-order valence-electron chi connectivity index (χ4n) is 1.59. The Labute approximate surface area is 98.5 Å². The van der Waals surface area contributed by atoms with Gasteiger partial charge in [0.25, 0.3) is 0 Å². The zero-order valence-electron chi connectivity index (χ0n) is 9.24. The van der Waals surface area contributed by atoms with E-state index in [-0.39, 0.29) is 12.5 Å². The summed E-state index contributed by atoms with van der Waals surface area (Å²) in [5.74, 6) is -1.10. The summed E-state index contributed by atoms with van der Waals surface area (Å²) in [5, 5.41) is 14.7. The predicted molar refractivity (Wildman–Crippen MR) is 58.8 cm³/mol. The molecule has 1 aromatic heterocycles. The van der Waals surface area contributed by atoms with Crippen LogP contribution in [0.3, 0.4) is 0 Å². The average Bonchev–Trinajstić information content (AvgIpc) is 2.78. The van der Waals surface area contributed by atoms with Gasteiger partial charge in [0.1, 0.15) is 6.04 Å². The summed E-state index contributed by atoms with van der Waals surface area (Å²) in [6, 6.07) is 9.27. The molecule has 0 fully saturated rings. The van der Waals surface area contributed by atoms with Crippen molar-refractivity contribution in [2.24, 2.45) is 0 Å². The lowest BCUT2D eigenvalue weighted by molar-refractivity contribution is -0.430.